The molecule has 0 aromatic heterocycles. The van der Waals surface area contributed by atoms with Crippen LogP contribution in [-0.4, -0.2) is 57.4 Å². The minimum absolute atomic E-state index is 0. The monoisotopic (exact) mass is 362 g/mol. The number of para-hydroxylation sites is 1. The number of methoxy groups -OCH3 is 1. The molecule has 0 unspecified atom stereocenters. The van der Waals surface area contributed by atoms with E-state index in [1.165, 1.54) is 51.4 Å². The van der Waals surface area contributed by atoms with Gasteiger partial charge in [0, 0.05) is 0 Å². The molecule has 24 heavy (non-hydrogen) atoms. The molecule has 0 fully saturated rings. The van der Waals surface area contributed by atoms with Gasteiger partial charge in [0.05, 0.1) is 13.7 Å². The van der Waals surface area contributed by atoms with E-state index in [2.05, 4.69) is 6.92 Å². The van der Waals surface area contributed by atoms with E-state index in [9.17, 15) is 4.79 Å². The molecule has 0 amide bonds. The van der Waals surface area contributed by atoms with E-state index in [0.717, 1.165) is 12.8 Å². The van der Waals surface area contributed by atoms with Crippen LogP contribution in [0.1, 0.15) is 84.3 Å². The molecule has 0 aliphatic heterocycles. The average Bonchev–Trinajstić information content (AvgIpc) is 2.59. The van der Waals surface area contributed by atoms with Crippen LogP contribution in [0.25, 0.3) is 0 Å². The minimum Gasteiger partial charge on any atom is -1.00 e. The van der Waals surface area contributed by atoms with Gasteiger partial charge >= 0.3 is 43.7 Å². The summed E-state index contributed by atoms with van der Waals surface area (Å²) in [5.74, 6) is 0.277. The maximum Gasteiger partial charge on any atom is 2.00 e. The van der Waals surface area contributed by atoms with E-state index < -0.39 is 0 Å². The first-order chi connectivity index (χ1) is 11.3. The molecule has 0 spiro atoms. The van der Waals surface area contributed by atoms with Crippen molar-refractivity contribution >= 4 is 43.7 Å². The summed E-state index contributed by atoms with van der Waals surface area (Å²) in [7, 11) is 1.56. The number of hydrogen-bond acceptors (Lipinski definition) is 3. The Bertz CT molecular complexity index is 445. The topological polar surface area (TPSA) is 35.5 Å². The summed E-state index contributed by atoms with van der Waals surface area (Å²) in [6, 6.07) is 7.17. The summed E-state index contributed by atoms with van der Waals surface area (Å²) in [5, 5.41) is 0. The van der Waals surface area contributed by atoms with E-state index >= 15 is 0 Å². The van der Waals surface area contributed by atoms with Crippen LogP contribution in [0.15, 0.2) is 24.3 Å². The van der Waals surface area contributed by atoms with Crippen LogP contribution in [0.4, 0.5) is 0 Å². The van der Waals surface area contributed by atoms with Gasteiger partial charge in [-0.15, -0.1) is 0 Å². The third-order valence-corrected chi connectivity index (χ3v) is 4.06. The molecule has 0 heterocycles. The Kier molecular flexibility index (Phi) is 16.1. The minimum atomic E-state index is -0.293. The molecule has 4 heteroatoms. The van der Waals surface area contributed by atoms with E-state index in [-0.39, 0.29) is 46.6 Å². The Morgan fingerprint density at radius 2 is 1.46 bits per heavy atom. The molecule has 1 rings (SSSR count). The first kappa shape index (κ1) is 23.7. The maximum absolute atomic E-state index is 12.0. The number of ether oxygens (including phenoxy) is 2. The van der Waals surface area contributed by atoms with Crippen LogP contribution in [0.2, 0.25) is 0 Å². The second-order valence-corrected chi connectivity index (χ2v) is 6.02. The molecule has 0 N–H and O–H groups in total. The molecule has 0 radical (unpaired) electrons. The van der Waals surface area contributed by atoms with Crippen LogP contribution >= 0.6 is 0 Å². The van der Waals surface area contributed by atoms with Crippen molar-refractivity contribution < 1.29 is 17.1 Å². The van der Waals surface area contributed by atoms with Crippen LogP contribution in [0.5, 0.6) is 5.75 Å². The number of hydrogen-bond donors (Lipinski definition) is 0. The largest absolute Gasteiger partial charge is 2.00 e. The summed E-state index contributed by atoms with van der Waals surface area (Å²) in [4.78, 5) is 12.0. The van der Waals surface area contributed by atoms with Crippen molar-refractivity contribution in [3.05, 3.63) is 29.8 Å². The van der Waals surface area contributed by atoms with Crippen LogP contribution in [0.3, 0.4) is 0 Å². The Morgan fingerprint density at radius 1 is 0.917 bits per heavy atom. The zero-order valence-electron chi connectivity index (χ0n) is 17.5. The summed E-state index contributed by atoms with van der Waals surface area (Å²) >= 11 is 0. The second kappa shape index (κ2) is 16.2. The van der Waals surface area contributed by atoms with Gasteiger partial charge in [-0.1, -0.05) is 76.8 Å². The number of rotatable bonds is 13. The van der Waals surface area contributed by atoms with Crippen molar-refractivity contribution in [3.63, 3.8) is 0 Å². The van der Waals surface area contributed by atoms with Crippen molar-refractivity contribution in [3.8, 4) is 5.75 Å². The molecule has 3 nitrogen and oxygen atoms in total. The number of esters is 1. The summed E-state index contributed by atoms with van der Waals surface area (Å²) in [6.07, 6.45) is 12.8. The summed E-state index contributed by atoms with van der Waals surface area (Å²) in [5.41, 5.74) is 0.502. The molecule has 0 saturated carbocycles. The van der Waals surface area contributed by atoms with Gasteiger partial charge in [0.15, 0.2) is 0 Å². The van der Waals surface area contributed by atoms with E-state index in [0.29, 0.717) is 17.9 Å². The fraction of sp³-hybridized carbons (Fsp3) is 0.650. The van der Waals surface area contributed by atoms with E-state index in [1.807, 2.05) is 12.1 Å². The van der Waals surface area contributed by atoms with Crippen LogP contribution in [-0.2, 0) is 4.74 Å². The second-order valence-electron chi connectivity index (χ2n) is 6.02. The fourth-order valence-corrected chi connectivity index (χ4v) is 2.65. The van der Waals surface area contributed by atoms with Gasteiger partial charge < -0.3 is 12.3 Å². The smallest absolute Gasteiger partial charge is 1.00 e. The third kappa shape index (κ3) is 10.6. The fourth-order valence-electron chi connectivity index (χ4n) is 2.65. The first-order valence-corrected chi connectivity index (χ1v) is 9.09. The Hall–Kier alpha value is -0.250. The standard InChI is InChI=1S/C20H32O3.Ca.2H/c1-3-4-5-6-7-8-9-10-11-14-17-23-20(21)18-15-12-13-16-19(18)22-2;;;/h12-13,15-16H,3-11,14,17H2,1-2H3;;;/q;+2;2*-1. The van der Waals surface area contributed by atoms with Crippen molar-refractivity contribution in [1.29, 1.82) is 0 Å². The van der Waals surface area contributed by atoms with E-state index in [4.69, 9.17) is 9.47 Å². The van der Waals surface area contributed by atoms with Crippen LogP contribution < -0.4 is 4.74 Å². The molecule has 0 bridgehead atoms. The number of carbonyl (C=O) groups is 1. The molecular formula is C20H34CaO3. The van der Waals surface area contributed by atoms with Crippen molar-refractivity contribution in [2.45, 2.75) is 71.1 Å². The van der Waals surface area contributed by atoms with Crippen molar-refractivity contribution in [2.75, 3.05) is 13.7 Å². The summed E-state index contributed by atoms with van der Waals surface area (Å²) in [6.45, 7) is 2.74. The van der Waals surface area contributed by atoms with Gasteiger partial charge in [-0.2, -0.15) is 0 Å². The quantitative estimate of drug-likeness (QED) is 0.260. The van der Waals surface area contributed by atoms with Gasteiger partial charge in [0.1, 0.15) is 11.3 Å². The normalized spacial score (nSPS) is 10.1. The van der Waals surface area contributed by atoms with Gasteiger partial charge in [-0.25, -0.2) is 4.79 Å². The van der Waals surface area contributed by atoms with Gasteiger partial charge in [0.25, 0.3) is 0 Å². The van der Waals surface area contributed by atoms with Crippen LogP contribution in [0, 0.1) is 0 Å². The van der Waals surface area contributed by atoms with Gasteiger partial charge in [0.2, 0.25) is 0 Å². The molecule has 0 atom stereocenters. The molecule has 0 aliphatic rings. The number of benzene rings is 1. The zero-order chi connectivity index (χ0) is 16.8. The molecule has 0 saturated heterocycles. The Morgan fingerprint density at radius 3 is 2.04 bits per heavy atom. The van der Waals surface area contributed by atoms with E-state index in [1.54, 1.807) is 19.2 Å². The Labute approximate surface area is 180 Å². The summed E-state index contributed by atoms with van der Waals surface area (Å²) < 4.78 is 10.5. The van der Waals surface area contributed by atoms with Gasteiger partial charge in [-0.05, 0) is 18.6 Å². The van der Waals surface area contributed by atoms with Crippen molar-refractivity contribution in [2.24, 2.45) is 0 Å². The SMILES string of the molecule is CCCCCCCCCCCCOC(=O)c1ccccc1OC.[Ca+2].[H-].[H-]. The predicted molar refractivity (Wildman–Crippen MR) is 103 cm³/mol. The molecular weight excluding hydrogens is 328 g/mol. The molecule has 134 valence electrons. The predicted octanol–water partition coefficient (Wildman–Crippen LogP) is 5.62. The average molecular weight is 363 g/mol. The first-order valence-electron chi connectivity index (χ1n) is 9.09. The number of unbranched alkanes of at least 4 members (excludes halogenated alkanes) is 9. The maximum atomic E-state index is 12.0. The molecule has 1 aromatic carbocycles. The molecule has 1 aromatic rings. The Balaban J connectivity index is -0.00000176. The zero-order valence-corrected chi connectivity index (χ0v) is 17.7. The molecule has 0 aliphatic carbocycles. The van der Waals surface area contributed by atoms with Gasteiger partial charge in [-0.3, -0.25) is 0 Å². The van der Waals surface area contributed by atoms with Crippen molar-refractivity contribution in [1.82, 2.24) is 0 Å². The number of carbonyl (C=O) groups excluding carboxylic acids is 1. The third-order valence-electron chi connectivity index (χ3n) is 4.06.